The number of fused-ring (bicyclic) bond motifs is 1. The number of quaternary nitrogens is 1. The van der Waals surface area contributed by atoms with Gasteiger partial charge in [-0.3, -0.25) is 10.1 Å². The number of rotatable bonds is 9. The molecule has 0 radical (unpaired) electrons. The van der Waals surface area contributed by atoms with Crippen molar-refractivity contribution in [2.45, 2.75) is 47.1 Å². The Hall–Kier alpha value is -2.28. The van der Waals surface area contributed by atoms with Crippen molar-refractivity contribution in [2.75, 3.05) is 32.8 Å². The van der Waals surface area contributed by atoms with Crippen molar-refractivity contribution in [3.05, 3.63) is 23.3 Å². The first-order valence-electron chi connectivity index (χ1n) is 10.3. The van der Waals surface area contributed by atoms with E-state index in [-0.39, 0.29) is 12.5 Å². The molecule has 2 rings (SSSR count). The van der Waals surface area contributed by atoms with Gasteiger partial charge >= 0.3 is 6.03 Å². The van der Waals surface area contributed by atoms with E-state index in [1.54, 1.807) is 0 Å². The second kappa shape index (κ2) is 10.9. The number of amides is 3. The highest BCUT2D eigenvalue weighted by Gasteiger charge is 2.24. The molecule has 1 aliphatic heterocycles. The lowest BCUT2D eigenvalue weighted by Crippen LogP contribution is -3.13. The summed E-state index contributed by atoms with van der Waals surface area (Å²) in [7, 11) is 0. The summed E-state index contributed by atoms with van der Waals surface area (Å²) < 4.78 is 11.4. The Bertz CT molecular complexity index is 676. The van der Waals surface area contributed by atoms with Crippen LogP contribution in [0.15, 0.2) is 12.1 Å². The zero-order valence-corrected chi connectivity index (χ0v) is 17.5. The third-order valence-electron chi connectivity index (χ3n) is 4.72. The highest BCUT2D eigenvalue weighted by molar-refractivity contribution is 5.94. The number of carbonyl (C=O) groups is 2. The molecule has 0 bridgehead atoms. The van der Waals surface area contributed by atoms with E-state index in [0.29, 0.717) is 25.7 Å². The maximum Gasteiger partial charge on any atom is 0.321 e. The lowest BCUT2D eigenvalue weighted by molar-refractivity contribution is -0.908. The first-order valence-corrected chi connectivity index (χ1v) is 10.3. The largest absolute Gasteiger partial charge is 0.490 e. The highest BCUT2D eigenvalue weighted by Crippen LogP contribution is 2.32. The summed E-state index contributed by atoms with van der Waals surface area (Å²) in [5.41, 5.74) is 2.41. The molecule has 1 aromatic rings. The van der Waals surface area contributed by atoms with E-state index in [1.807, 2.05) is 19.9 Å². The van der Waals surface area contributed by atoms with Gasteiger partial charge in [0, 0.05) is 18.5 Å². The van der Waals surface area contributed by atoms with Crippen LogP contribution in [-0.4, -0.2) is 44.8 Å². The molecule has 28 heavy (non-hydrogen) atoms. The van der Waals surface area contributed by atoms with Crippen LogP contribution in [0.25, 0.3) is 0 Å². The lowest BCUT2D eigenvalue weighted by Gasteiger charge is -2.26. The molecule has 1 aromatic carbocycles. The fourth-order valence-corrected chi connectivity index (χ4v) is 3.31. The molecule has 7 heteroatoms. The van der Waals surface area contributed by atoms with Crippen LogP contribution in [0.1, 0.15) is 45.2 Å². The molecule has 0 spiro atoms. The number of benzene rings is 1. The van der Waals surface area contributed by atoms with Gasteiger partial charge in [-0.25, -0.2) is 4.79 Å². The Morgan fingerprint density at radius 3 is 2.36 bits per heavy atom. The SMILES string of the molecule is CCOc1cc2c(cc1OCC)C[NH+](CC(=O)NC(=O)NCCC(C)C)CC2. The van der Waals surface area contributed by atoms with E-state index in [9.17, 15) is 9.59 Å². The minimum atomic E-state index is -0.414. The molecule has 0 fully saturated rings. The Balaban J connectivity index is 1.91. The standard InChI is InChI=1S/C21H33N3O4/c1-5-27-18-11-16-8-10-24(13-17(16)12-19(18)28-6-2)14-20(25)23-21(26)22-9-7-15(3)4/h11-12,15H,5-10,13-14H2,1-4H3,(H2,22,23,25,26)/p+1. The van der Waals surface area contributed by atoms with Gasteiger partial charge in [0.25, 0.3) is 5.91 Å². The summed E-state index contributed by atoms with van der Waals surface area (Å²) in [6.45, 7) is 11.7. The van der Waals surface area contributed by atoms with Crippen LogP contribution in [0.2, 0.25) is 0 Å². The molecule has 0 saturated heterocycles. The normalized spacial score (nSPS) is 15.7. The Morgan fingerprint density at radius 1 is 1.11 bits per heavy atom. The van der Waals surface area contributed by atoms with Gasteiger partial charge in [-0.05, 0) is 43.9 Å². The van der Waals surface area contributed by atoms with E-state index in [4.69, 9.17) is 9.47 Å². The average Bonchev–Trinajstić information content (AvgIpc) is 2.62. The van der Waals surface area contributed by atoms with Crippen LogP contribution >= 0.6 is 0 Å². The predicted octanol–water partition coefficient (Wildman–Crippen LogP) is 1.30. The monoisotopic (exact) mass is 392 g/mol. The average molecular weight is 393 g/mol. The minimum Gasteiger partial charge on any atom is -0.490 e. The maximum atomic E-state index is 12.2. The zero-order chi connectivity index (χ0) is 20.5. The van der Waals surface area contributed by atoms with Crippen molar-refractivity contribution >= 4 is 11.9 Å². The molecule has 3 N–H and O–H groups in total. The van der Waals surface area contributed by atoms with Crippen LogP contribution in [0.5, 0.6) is 11.5 Å². The first-order chi connectivity index (χ1) is 13.4. The third kappa shape index (κ3) is 6.71. The van der Waals surface area contributed by atoms with Gasteiger partial charge in [0.1, 0.15) is 6.54 Å². The van der Waals surface area contributed by atoms with Crippen molar-refractivity contribution in [1.29, 1.82) is 0 Å². The van der Waals surface area contributed by atoms with Gasteiger partial charge in [0.2, 0.25) is 0 Å². The number of urea groups is 1. The van der Waals surface area contributed by atoms with Crippen LogP contribution < -0.4 is 25.0 Å². The fraction of sp³-hybridized carbons (Fsp3) is 0.619. The molecule has 1 aliphatic rings. The zero-order valence-electron chi connectivity index (χ0n) is 17.5. The van der Waals surface area contributed by atoms with Gasteiger partial charge < -0.3 is 19.7 Å². The van der Waals surface area contributed by atoms with E-state index >= 15 is 0 Å². The smallest absolute Gasteiger partial charge is 0.321 e. The summed E-state index contributed by atoms with van der Waals surface area (Å²) in [6, 6.07) is 3.67. The van der Waals surface area contributed by atoms with Crippen molar-refractivity contribution in [3.63, 3.8) is 0 Å². The molecule has 1 atom stereocenters. The van der Waals surface area contributed by atoms with E-state index < -0.39 is 6.03 Å². The van der Waals surface area contributed by atoms with E-state index in [1.165, 1.54) is 11.1 Å². The Morgan fingerprint density at radius 2 is 1.75 bits per heavy atom. The number of hydrogen-bond donors (Lipinski definition) is 3. The van der Waals surface area contributed by atoms with E-state index in [0.717, 1.165) is 42.3 Å². The quantitative estimate of drug-likeness (QED) is 0.592. The van der Waals surface area contributed by atoms with Crippen LogP contribution in [-0.2, 0) is 17.8 Å². The molecular formula is C21H34N3O4+. The number of ether oxygens (including phenoxy) is 2. The highest BCUT2D eigenvalue weighted by atomic mass is 16.5. The number of imide groups is 1. The molecule has 0 aromatic heterocycles. The van der Waals surface area contributed by atoms with Crippen molar-refractivity contribution in [3.8, 4) is 11.5 Å². The molecule has 0 saturated carbocycles. The number of carbonyl (C=O) groups excluding carboxylic acids is 2. The second-order valence-electron chi connectivity index (χ2n) is 7.52. The van der Waals surface area contributed by atoms with Crippen molar-refractivity contribution in [2.24, 2.45) is 5.92 Å². The Labute approximate surface area is 167 Å². The van der Waals surface area contributed by atoms with Gasteiger partial charge in [-0.1, -0.05) is 13.8 Å². The molecule has 3 amide bonds. The first kappa shape index (κ1) is 22.0. The number of nitrogens with one attached hydrogen (secondary N) is 3. The summed E-state index contributed by atoms with van der Waals surface area (Å²) in [5.74, 6) is 1.79. The summed E-state index contributed by atoms with van der Waals surface area (Å²) in [5, 5.41) is 5.15. The van der Waals surface area contributed by atoms with E-state index in [2.05, 4.69) is 30.5 Å². The van der Waals surface area contributed by atoms with Gasteiger partial charge in [-0.15, -0.1) is 0 Å². The fourth-order valence-electron chi connectivity index (χ4n) is 3.31. The maximum absolute atomic E-state index is 12.2. The molecule has 7 nitrogen and oxygen atoms in total. The predicted molar refractivity (Wildman–Crippen MR) is 108 cm³/mol. The summed E-state index contributed by atoms with van der Waals surface area (Å²) >= 11 is 0. The van der Waals surface area contributed by atoms with Gasteiger partial charge in [0.05, 0.1) is 19.8 Å². The topological polar surface area (TPSA) is 81.1 Å². The second-order valence-corrected chi connectivity index (χ2v) is 7.52. The van der Waals surface area contributed by atoms with Crippen LogP contribution in [0.4, 0.5) is 4.79 Å². The lowest BCUT2D eigenvalue weighted by atomic mass is 9.99. The van der Waals surface area contributed by atoms with Crippen LogP contribution in [0, 0.1) is 5.92 Å². The van der Waals surface area contributed by atoms with Crippen LogP contribution in [0.3, 0.4) is 0 Å². The summed E-state index contributed by atoms with van der Waals surface area (Å²) in [4.78, 5) is 25.1. The molecule has 1 unspecified atom stereocenters. The molecule has 156 valence electrons. The van der Waals surface area contributed by atoms with Gasteiger partial charge in [-0.2, -0.15) is 0 Å². The Kier molecular flexibility index (Phi) is 8.57. The minimum absolute atomic E-state index is 0.253. The summed E-state index contributed by atoms with van der Waals surface area (Å²) in [6.07, 6.45) is 1.76. The number of hydrogen-bond acceptors (Lipinski definition) is 4. The molecule has 0 aliphatic carbocycles. The molecule has 1 heterocycles. The van der Waals surface area contributed by atoms with Crippen molar-refractivity contribution in [1.82, 2.24) is 10.6 Å². The van der Waals surface area contributed by atoms with Crippen molar-refractivity contribution < 1.29 is 24.0 Å². The third-order valence-corrected chi connectivity index (χ3v) is 4.72. The van der Waals surface area contributed by atoms with Gasteiger partial charge in [0.15, 0.2) is 18.0 Å². The molecular weight excluding hydrogens is 358 g/mol.